The second-order valence-electron chi connectivity index (χ2n) is 4.63. The molecule has 1 aromatic carbocycles. The minimum Gasteiger partial charge on any atom is -0.482 e. The zero-order chi connectivity index (χ0) is 17.0. The first kappa shape index (κ1) is 17.4. The van der Waals surface area contributed by atoms with Crippen LogP contribution in [0.1, 0.15) is 24.2 Å². The molecule has 1 unspecified atom stereocenters. The molecular formula is C16H14Cl2FN3O. The molecule has 2 aromatic rings. The first-order valence-corrected chi connectivity index (χ1v) is 7.44. The summed E-state index contributed by atoms with van der Waals surface area (Å²) in [7, 11) is 0. The van der Waals surface area contributed by atoms with Gasteiger partial charge < -0.3 is 16.2 Å². The third-order valence-corrected chi connectivity index (χ3v) is 3.72. The molecule has 4 N–H and O–H groups in total. The van der Waals surface area contributed by atoms with Gasteiger partial charge in [0, 0.05) is 28.4 Å². The van der Waals surface area contributed by atoms with Crippen molar-refractivity contribution >= 4 is 29.0 Å². The van der Waals surface area contributed by atoms with Gasteiger partial charge in [-0.05, 0) is 19.1 Å². The Morgan fingerprint density at radius 1 is 1.39 bits per heavy atom. The highest BCUT2D eigenvalue weighted by atomic mass is 35.5. The Labute approximate surface area is 143 Å². The lowest BCUT2D eigenvalue weighted by Gasteiger charge is -2.18. The number of halogens is 3. The molecule has 0 aliphatic heterocycles. The van der Waals surface area contributed by atoms with E-state index in [4.69, 9.17) is 39.4 Å². The molecule has 0 saturated heterocycles. The molecule has 2 rings (SSSR count). The van der Waals surface area contributed by atoms with Crippen LogP contribution in [0.15, 0.2) is 24.4 Å². The lowest BCUT2D eigenvalue weighted by molar-refractivity contribution is 0.227. The van der Waals surface area contributed by atoms with Crippen molar-refractivity contribution in [2.45, 2.75) is 13.0 Å². The van der Waals surface area contributed by atoms with Gasteiger partial charge in [0.25, 0.3) is 0 Å². The van der Waals surface area contributed by atoms with E-state index in [-0.39, 0.29) is 17.4 Å². The molecule has 1 atom stereocenters. The molecule has 0 aliphatic rings. The number of ether oxygens (including phenoxy) is 1. The Balaban J connectivity index is 2.34. The van der Waals surface area contributed by atoms with Crippen LogP contribution < -0.4 is 16.2 Å². The fraction of sp³-hybridized carbons (Fsp3) is 0.188. The van der Waals surface area contributed by atoms with Crippen LogP contribution in [0.3, 0.4) is 0 Å². The van der Waals surface area contributed by atoms with Crippen molar-refractivity contribution in [1.29, 1.82) is 0 Å². The van der Waals surface area contributed by atoms with E-state index in [1.54, 1.807) is 13.0 Å². The Kier molecular flexibility index (Phi) is 5.67. The van der Waals surface area contributed by atoms with Gasteiger partial charge in [-0.3, -0.25) is 0 Å². The highest BCUT2D eigenvalue weighted by Crippen LogP contribution is 2.35. The van der Waals surface area contributed by atoms with Gasteiger partial charge in [-0.25, -0.2) is 9.37 Å². The molecule has 1 heterocycles. The van der Waals surface area contributed by atoms with E-state index >= 15 is 0 Å². The summed E-state index contributed by atoms with van der Waals surface area (Å²) in [6.45, 7) is 1.91. The lowest BCUT2D eigenvalue weighted by Crippen LogP contribution is -2.08. The second-order valence-corrected chi connectivity index (χ2v) is 5.42. The quantitative estimate of drug-likeness (QED) is 0.653. The number of hydrogen-bond acceptors (Lipinski definition) is 4. The monoisotopic (exact) mass is 353 g/mol. The minimum atomic E-state index is -0.632. The summed E-state index contributed by atoms with van der Waals surface area (Å²) in [5, 5.41) is 0.213. The van der Waals surface area contributed by atoms with Crippen molar-refractivity contribution in [2.75, 3.05) is 12.3 Å². The summed E-state index contributed by atoms with van der Waals surface area (Å²) < 4.78 is 19.4. The van der Waals surface area contributed by atoms with E-state index in [2.05, 4.69) is 16.8 Å². The predicted molar refractivity (Wildman–Crippen MR) is 90.0 cm³/mol. The van der Waals surface area contributed by atoms with Crippen molar-refractivity contribution in [3.8, 4) is 17.6 Å². The van der Waals surface area contributed by atoms with Crippen LogP contribution in [0, 0.1) is 17.7 Å². The van der Waals surface area contributed by atoms with E-state index in [0.717, 1.165) is 0 Å². The molecular weight excluding hydrogens is 340 g/mol. The number of rotatable bonds is 3. The minimum absolute atomic E-state index is 0.0874. The number of hydrogen-bond donors (Lipinski definition) is 2. The maximum atomic E-state index is 13.6. The molecule has 120 valence electrons. The number of nitrogen functional groups attached to an aromatic ring is 1. The van der Waals surface area contributed by atoms with Crippen LogP contribution >= 0.6 is 23.2 Å². The van der Waals surface area contributed by atoms with Crippen molar-refractivity contribution < 1.29 is 9.13 Å². The summed E-state index contributed by atoms with van der Waals surface area (Å²) >= 11 is 12.1. The SMILES string of the molecule is CC(Oc1cc(C#CCN)cnc1N)c1c(Cl)ccc(F)c1Cl. The molecule has 1 aromatic heterocycles. The molecule has 23 heavy (non-hydrogen) atoms. The highest BCUT2D eigenvalue weighted by Gasteiger charge is 2.19. The first-order valence-electron chi connectivity index (χ1n) is 6.68. The average molecular weight is 354 g/mol. The lowest BCUT2D eigenvalue weighted by atomic mass is 10.1. The Bertz CT molecular complexity index is 787. The standard InChI is InChI=1S/C16H14Cl2FN3O/c1-9(14-11(17)4-5-12(19)15(14)18)23-13-7-10(3-2-6-20)8-22-16(13)21/h4-5,7-9H,6,20H2,1H3,(H2,21,22). The van der Waals surface area contributed by atoms with Gasteiger partial charge in [0.2, 0.25) is 0 Å². The van der Waals surface area contributed by atoms with Gasteiger partial charge in [-0.15, -0.1) is 0 Å². The van der Waals surface area contributed by atoms with Crippen LogP contribution in [0.2, 0.25) is 10.0 Å². The Morgan fingerprint density at radius 2 is 2.13 bits per heavy atom. The maximum absolute atomic E-state index is 13.6. The zero-order valence-electron chi connectivity index (χ0n) is 12.2. The van der Waals surface area contributed by atoms with E-state index < -0.39 is 11.9 Å². The molecule has 0 fully saturated rings. The van der Waals surface area contributed by atoms with Gasteiger partial charge in [0.15, 0.2) is 11.6 Å². The normalized spacial score (nSPS) is 11.5. The molecule has 0 aliphatic carbocycles. The summed E-state index contributed by atoms with van der Waals surface area (Å²) in [4.78, 5) is 4.01. The smallest absolute Gasteiger partial charge is 0.166 e. The van der Waals surface area contributed by atoms with E-state index in [1.807, 2.05) is 0 Å². The molecule has 0 spiro atoms. The third-order valence-electron chi connectivity index (χ3n) is 3.01. The molecule has 0 bridgehead atoms. The van der Waals surface area contributed by atoms with Gasteiger partial charge >= 0.3 is 0 Å². The predicted octanol–water partition coefficient (Wildman–Crippen LogP) is 3.56. The second kappa shape index (κ2) is 7.51. The largest absolute Gasteiger partial charge is 0.482 e. The number of pyridine rings is 1. The van der Waals surface area contributed by atoms with Gasteiger partial charge in [0.1, 0.15) is 11.9 Å². The number of anilines is 1. The molecule has 4 nitrogen and oxygen atoms in total. The number of nitrogens with zero attached hydrogens (tertiary/aromatic N) is 1. The first-order chi connectivity index (χ1) is 10.9. The highest BCUT2D eigenvalue weighted by molar-refractivity contribution is 6.36. The van der Waals surface area contributed by atoms with Crippen molar-refractivity contribution in [3.05, 3.63) is 51.4 Å². The van der Waals surface area contributed by atoms with E-state index in [1.165, 1.54) is 18.3 Å². The van der Waals surface area contributed by atoms with Crippen molar-refractivity contribution in [2.24, 2.45) is 5.73 Å². The molecule has 0 saturated carbocycles. The average Bonchev–Trinajstić information content (AvgIpc) is 2.52. The molecule has 0 amide bonds. The van der Waals surface area contributed by atoms with Crippen LogP contribution in [0.5, 0.6) is 5.75 Å². The van der Waals surface area contributed by atoms with Gasteiger partial charge in [0.05, 0.1) is 11.6 Å². The number of benzene rings is 1. The summed E-state index contributed by atoms with van der Waals surface area (Å²) in [6, 6.07) is 4.24. The number of nitrogens with two attached hydrogens (primary N) is 2. The van der Waals surface area contributed by atoms with Crippen LogP contribution in [-0.2, 0) is 0 Å². The van der Waals surface area contributed by atoms with Crippen molar-refractivity contribution in [1.82, 2.24) is 4.98 Å². The Morgan fingerprint density at radius 3 is 2.83 bits per heavy atom. The fourth-order valence-corrected chi connectivity index (χ4v) is 2.61. The van der Waals surface area contributed by atoms with Crippen molar-refractivity contribution in [3.63, 3.8) is 0 Å². The summed E-state index contributed by atoms with van der Waals surface area (Å²) in [5.74, 6) is 5.45. The summed E-state index contributed by atoms with van der Waals surface area (Å²) in [5.41, 5.74) is 12.1. The van der Waals surface area contributed by atoms with E-state index in [0.29, 0.717) is 21.9 Å². The Hall–Kier alpha value is -2.00. The zero-order valence-corrected chi connectivity index (χ0v) is 13.7. The fourth-order valence-electron chi connectivity index (χ4n) is 1.94. The summed E-state index contributed by atoms with van der Waals surface area (Å²) in [6.07, 6.45) is 0.880. The van der Waals surface area contributed by atoms with Crippen LogP contribution in [0.25, 0.3) is 0 Å². The number of aromatic nitrogens is 1. The maximum Gasteiger partial charge on any atom is 0.166 e. The molecule has 0 radical (unpaired) electrons. The topological polar surface area (TPSA) is 74.2 Å². The molecule has 7 heteroatoms. The third kappa shape index (κ3) is 4.05. The van der Waals surface area contributed by atoms with Gasteiger partial charge in [-0.1, -0.05) is 35.0 Å². The van der Waals surface area contributed by atoms with Gasteiger partial charge in [-0.2, -0.15) is 0 Å². The van der Waals surface area contributed by atoms with E-state index in [9.17, 15) is 4.39 Å². The van der Waals surface area contributed by atoms with Crippen LogP contribution in [-0.4, -0.2) is 11.5 Å². The van der Waals surface area contributed by atoms with Crippen LogP contribution in [0.4, 0.5) is 10.2 Å².